The summed E-state index contributed by atoms with van der Waals surface area (Å²) >= 11 is 1.57. The van der Waals surface area contributed by atoms with Gasteiger partial charge in [-0.3, -0.25) is 14.4 Å². The van der Waals surface area contributed by atoms with Gasteiger partial charge < -0.3 is 15.0 Å². The Morgan fingerprint density at radius 1 is 1.28 bits per heavy atom. The minimum atomic E-state index is -0.634. The third kappa shape index (κ3) is 5.14. The number of esters is 1. The van der Waals surface area contributed by atoms with Crippen LogP contribution < -0.4 is 10.2 Å². The lowest BCUT2D eigenvalue weighted by molar-refractivity contribution is -0.151. The number of nitrogens with one attached hydrogen (secondary N) is 1. The van der Waals surface area contributed by atoms with Crippen molar-refractivity contribution in [2.75, 3.05) is 29.6 Å². The molecule has 1 aliphatic heterocycles. The van der Waals surface area contributed by atoms with Crippen molar-refractivity contribution in [1.82, 2.24) is 0 Å². The van der Waals surface area contributed by atoms with Crippen LogP contribution in [0.25, 0.3) is 0 Å². The van der Waals surface area contributed by atoms with Crippen LogP contribution in [0, 0.1) is 18.7 Å². The van der Waals surface area contributed by atoms with Crippen molar-refractivity contribution in [1.29, 1.82) is 0 Å². The van der Waals surface area contributed by atoms with Gasteiger partial charge in [-0.05, 0) is 49.1 Å². The van der Waals surface area contributed by atoms with Gasteiger partial charge in [0, 0.05) is 29.2 Å². The molecule has 2 aromatic rings. The number of anilines is 2. The van der Waals surface area contributed by atoms with Gasteiger partial charge in [0.1, 0.15) is 5.82 Å². The molecule has 1 aliphatic rings. The van der Waals surface area contributed by atoms with Crippen LogP contribution in [-0.2, 0) is 19.1 Å². The van der Waals surface area contributed by atoms with Crippen LogP contribution in [0.1, 0.15) is 12.0 Å². The van der Waals surface area contributed by atoms with Gasteiger partial charge in [-0.1, -0.05) is 12.1 Å². The first-order valence-electron chi connectivity index (χ1n) is 9.04. The molecule has 3 rings (SSSR count). The molecule has 1 N–H and O–H groups in total. The first-order chi connectivity index (χ1) is 13.9. The second kappa shape index (κ2) is 9.09. The summed E-state index contributed by atoms with van der Waals surface area (Å²) in [6.07, 6.45) is 1.98. The van der Waals surface area contributed by atoms with Crippen molar-refractivity contribution in [3.63, 3.8) is 0 Å². The van der Waals surface area contributed by atoms with E-state index in [1.54, 1.807) is 35.7 Å². The molecule has 1 atom stereocenters. The zero-order valence-corrected chi connectivity index (χ0v) is 16.9. The summed E-state index contributed by atoms with van der Waals surface area (Å²) in [7, 11) is 0. The third-order valence-corrected chi connectivity index (χ3v) is 5.35. The molecule has 8 heteroatoms. The van der Waals surface area contributed by atoms with Crippen LogP contribution in [0.2, 0.25) is 0 Å². The molecule has 0 spiro atoms. The van der Waals surface area contributed by atoms with Crippen molar-refractivity contribution >= 4 is 40.9 Å². The van der Waals surface area contributed by atoms with E-state index in [2.05, 4.69) is 5.32 Å². The fraction of sp³-hybridized carbons (Fsp3) is 0.286. The average molecular weight is 416 g/mol. The minimum Gasteiger partial charge on any atom is -0.455 e. The molecule has 0 bridgehead atoms. The Labute approximate surface area is 172 Å². The quantitative estimate of drug-likeness (QED) is 0.577. The summed E-state index contributed by atoms with van der Waals surface area (Å²) in [5, 5.41) is 2.48. The average Bonchev–Trinajstić information content (AvgIpc) is 3.11. The first kappa shape index (κ1) is 20.9. The van der Waals surface area contributed by atoms with Crippen LogP contribution in [0.15, 0.2) is 47.4 Å². The Hall–Kier alpha value is -2.87. The zero-order chi connectivity index (χ0) is 21.0. The largest absolute Gasteiger partial charge is 0.455 e. The van der Waals surface area contributed by atoms with Crippen LogP contribution in [0.3, 0.4) is 0 Å². The third-order valence-electron chi connectivity index (χ3n) is 4.62. The van der Waals surface area contributed by atoms with E-state index in [9.17, 15) is 18.8 Å². The molecule has 2 amide bonds. The molecular formula is C21H21FN2O4S. The summed E-state index contributed by atoms with van der Waals surface area (Å²) in [6, 6.07) is 11.8. The standard InChI is InChI=1S/C21H21FN2O4S/c1-13-6-7-15(9-18(13)22)23-19(25)12-28-21(27)14-8-20(26)24(11-14)16-4-3-5-17(10-16)29-2/h3-7,9-10,14H,8,11-12H2,1-2H3,(H,23,25)/t14-/m0/s1. The normalized spacial score (nSPS) is 16.0. The Kier molecular flexibility index (Phi) is 6.53. The minimum absolute atomic E-state index is 0.0348. The maximum atomic E-state index is 13.5. The summed E-state index contributed by atoms with van der Waals surface area (Å²) < 4.78 is 18.6. The molecule has 29 heavy (non-hydrogen) atoms. The summed E-state index contributed by atoms with van der Waals surface area (Å²) in [4.78, 5) is 39.2. The van der Waals surface area contributed by atoms with Crippen molar-refractivity contribution < 1.29 is 23.5 Å². The lowest BCUT2D eigenvalue weighted by Crippen LogP contribution is -2.28. The van der Waals surface area contributed by atoms with E-state index in [-0.39, 0.29) is 24.6 Å². The van der Waals surface area contributed by atoms with Crippen LogP contribution in [0.5, 0.6) is 0 Å². The molecule has 1 saturated heterocycles. The molecule has 2 aromatic carbocycles. The lowest BCUT2D eigenvalue weighted by atomic mass is 10.1. The van der Waals surface area contributed by atoms with Gasteiger partial charge in [0.2, 0.25) is 5.91 Å². The number of aryl methyl sites for hydroxylation is 1. The number of carbonyl (C=O) groups excluding carboxylic acids is 3. The number of benzene rings is 2. The topological polar surface area (TPSA) is 75.7 Å². The van der Waals surface area contributed by atoms with Crippen LogP contribution >= 0.6 is 11.8 Å². The van der Waals surface area contributed by atoms with Gasteiger partial charge in [-0.15, -0.1) is 11.8 Å². The summed E-state index contributed by atoms with van der Waals surface area (Å²) in [5.74, 6) is -2.41. The number of halogens is 1. The highest BCUT2D eigenvalue weighted by Crippen LogP contribution is 2.28. The second-order valence-corrected chi connectivity index (χ2v) is 7.61. The molecule has 0 aliphatic carbocycles. The van der Waals surface area contributed by atoms with E-state index in [0.29, 0.717) is 5.56 Å². The van der Waals surface area contributed by atoms with Gasteiger partial charge in [-0.25, -0.2) is 4.39 Å². The molecule has 1 heterocycles. The number of rotatable bonds is 6. The molecule has 0 saturated carbocycles. The fourth-order valence-corrected chi connectivity index (χ4v) is 3.47. The van der Waals surface area contributed by atoms with Crippen molar-refractivity contribution in [2.45, 2.75) is 18.2 Å². The fourth-order valence-electron chi connectivity index (χ4n) is 3.02. The zero-order valence-electron chi connectivity index (χ0n) is 16.1. The molecule has 6 nitrogen and oxygen atoms in total. The molecule has 0 radical (unpaired) electrons. The molecule has 0 aromatic heterocycles. The van der Waals surface area contributed by atoms with Gasteiger partial charge >= 0.3 is 5.97 Å². The lowest BCUT2D eigenvalue weighted by Gasteiger charge is -2.17. The van der Waals surface area contributed by atoms with Crippen LogP contribution in [0.4, 0.5) is 15.8 Å². The highest BCUT2D eigenvalue weighted by atomic mass is 32.2. The Morgan fingerprint density at radius 3 is 2.79 bits per heavy atom. The SMILES string of the molecule is CSc1cccc(N2C[C@@H](C(=O)OCC(=O)Nc3ccc(C)c(F)c3)CC2=O)c1. The van der Waals surface area contributed by atoms with Crippen molar-refractivity contribution in [3.8, 4) is 0 Å². The molecule has 152 valence electrons. The van der Waals surface area contributed by atoms with E-state index in [4.69, 9.17) is 4.74 Å². The Morgan fingerprint density at radius 2 is 2.07 bits per heavy atom. The summed E-state index contributed by atoms with van der Waals surface area (Å²) in [5.41, 5.74) is 1.48. The number of thioether (sulfide) groups is 1. The van der Waals surface area contributed by atoms with E-state index in [1.165, 1.54) is 6.07 Å². The first-order valence-corrected chi connectivity index (χ1v) is 10.3. The van der Waals surface area contributed by atoms with E-state index in [1.807, 2.05) is 30.5 Å². The van der Waals surface area contributed by atoms with Gasteiger partial charge in [0.05, 0.1) is 5.92 Å². The second-order valence-electron chi connectivity index (χ2n) is 6.73. The highest BCUT2D eigenvalue weighted by Gasteiger charge is 2.36. The van der Waals surface area contributed by atoms with Gasteiger partial charge in [0.25, 0.3) is 5.91 Å². The van der Waals surface area contributed by atoms with E-state index >= 15 is 0 Å². The Bertz CT molecular complexity index is 950. The monoisotopic (exact) mass is 416 g/mol. The number of amides is 2. The van der Waals surface area contributed by atoms with Crippen molar-refractivity contribution in [3.05, 3.63) is 53.8 Å². The summed E-state index contributed by atoms with van der Waals surface area (Å²) in [6.45, 7) is 1.33. The van der Waals surface area contributed by atoms with E-state index < -0.39 is 30.2 Å². The molecule has 0 unspecified atom stereocenters. The maximum Gasteiger partial charge on any atom is 0.311 e. The number of ether oxygens (including phenoxy) is 1. The molecule has 1 fully saturated rings. The van der Waals surface area contributed by atoms with E-state index in [0.717, 1.165) is 10.6 Å². The number of carbonyl (C=O) groups is 3. The highest BCUT2D eigenvalue weighted by molar-refractivity contribution is 7.98. The van der Waals surface area contributed by atoms with Gasteiger partial charge in [0.15, 0.2) is 6.61 Å². The molecular weight excluding hydrogens is 395 g/mol. The number of hydrogen-bond acceptors (Lipinski definition) is 5. The predicted octanol–water partition coefficient (Wildman–Crippen LogP) is 3.39. The Balaban J connectivity index is 1.53. The smallest absolute Gasteiger partial charge is 0.311 e. The van der Waals surface area contributed by atoms with Crippen LogP contribution in [-0.4, -0.2) is 37.2 Å². The van der Waals surface area contributed by atoms with Crippen molar-refractivity contribution in [2.24, 2.45) is 5.92 Å². The predicted molar refractivity (Wildman–Crippen MR) is 109 cm³/mol. The number of nitrogens with zero attached hydrogens (tertiary/aromatic N) is 1. The maximum absolute atomic E-state index is 13.5. The van der Waals surface area contributed by atoms with Gasteiger partial charge in [-0.2, -0.15) is 0 Å². The number of hydrogen-bond donors (Lipinski definition) is 1.